The Morgan fingerprint density at radius 3 is 1.33 bits per heavy atom. The molecule has 0 aromatic carbocycles. The molecule has 5 heteroatoms. The molecule has 4 nitrogen and oxygen atoms in total. The summed E-state index contributed by atoms with van der Waals surface area (Å²) < 4.78 is 0. The minimum Gasteiger partial charge on any atom is -0.383 e. The van der Waals surface area contributed by atoms with E-state index >= 15 is 0 Å². The fourth-order valence-corrected chi connectivity index (χ4v) is 0.649. The number of halogens is 1. The molecule has 0 atom stereocenters. The average molecular weight is 235 g/mol. The second-order valence-electron chi connectivity index (χ2n) is 1.49. The van der Waals surface area contributed by atoms with Gasteiger partial charge in [0.1, 0.15) is 11.6 Å². The third-order valence-corrected chi connectivity index (χ3v) is 0.908. The van der Waals surface area contributed by atoms with Crippen LogP contribution in [0, 0.1) is 0 Å². The third-order valence-electron chi connectivity index (χ3n) is 0.738. The van der Waals surface area contributed by atoms with Gasteiger partial charge >= 0.3 is 0 Å². The van der Waals surface area contributed by atoms with E-state index in [1.165, 1.54) is 6.07 Å². The molecule has 1 aromatic heterocycles. The van der Waals surface area contributed by atoms with E-state index in [0.29, 0.717) is 0 Å². The van der Waals surface area contributed by atoms with E-state index in [4.69, 9.17) is 23.1 Å². The number of rotatable bonds is 0. The standard InChI is InChI=1S/C4H5ClN4.3C2H6/c5-4-8-2(6)1-3(7)9-4;3*1-2/h1H,(H4,6,7,8,9);3*1-2H3. The lowest BCUT2D eigenvalue weighted by Crippen LogP contribution is -1.96. The van der Waals surface area contributed by atoms with Crippen molar-refractivity contribution < 1.29 is 0 Å². The van der Waals surface area contributed by atoms with Gasteiger partial charge in [0.15, 0.2) is 0 Å². The smallest absolute Gasteiger partial charge is 0.226 e. The summed E-state index contributed by atoms with van der Waals surface area (Å²) >= 11 is 5.37. The van der Waals surface area contributed by atoms with Crippen LogP contribution in [-0.4, -0.2) is 9.97 Å². The summed E-state index contributed by atoms with van der Waals surface area (Å²) in [6, 6.07) is 1.44. The van der Waals surface area contributed by atoms with Gasteiger partial charge in [-0.15, -0.1) is 0 Å². The lowest BCUT2D eigenvalue weighted by atomic mass is 10.5. The third kappa shape index (κ3) is 13.0. The second-order valence-corrected chi connectivity index (χ2v) is 1.82. The van der Waals surface area contributed by atoms with Crippen molar-refractivity contribution in [3.05, 3.63) is 11.3 Å². The van der Waals surface area contributed by atoms with Gasteiger partial charge in [0.2, 0.25) is 5.28 Å². The predicted molar refractivity (Wildman–Crippen MR) is 69.9 cm³/mol. The molecule has 0 saturated heterocycles. The summed E-state index contributed by atoms with van der Waals surface area (Å²) in [5, 5.41) is 0.0764. The van der Waals surface area contributed by atoms with Crippen LogP contribution >= 0.6 is 11.6 Å². The highest BCUT2D eigenvalue weighted by molar-refractivity contribution is 6.28. The molecule has 1 heterocycles. The van der Waals surface area contributed by atoms with Crippen molar-refractivity contribution in [1.82, 2.24) is 9.97 Å². The fourth-order valence-electron chi connectivity index (χ4n) is 0.454. The minimum absolute atomic E-state index is 0.0764. The lowest BCUT2D eigenvalue weighted by Gasteiger charge is -1.93. The van der Waals surface area contributed by atoms with Crippen LogP contribution in [0.15, 0.2) is 6.07 Å². The molecule has 1 rings (SSSR count). The Kier molecular flexibility index (Phi) is 20.1. The number of hydrogen-bond acceptors (Lipinski definition) is 4. The molecular weight excluding hydrogens is 212 g/mol. The lowest BCUT2D eigenvalue weighted by molar-refractivity contribution is 1.19. The highest BCUT2D eigenvalue weighted by Crippen LogP contribution is 2.07. The summed E-state index contributed by atoms with van der Waals surface area (Å²) in [6.07, 6.45) is 0. The number of nitrogens with zero attached hydrogens (tertiary/aromatic N) is 2. The van der Waals surface area contributed by atoms with Crippen LogP contribution in [0.25, 0.3) is 0 Å². The van der Waals surface area contributed by atoms with Crippen LogP contribution < -0.4 is 11.5 Å². The zero-order chi connectivity index (χ0) is 12.9. The maximum atomic E-state index is 5.37. The van der Waals surface area contributed by atoms with Gasteiger partial charge in [-0.2, -0.15) is 0 Å². The Labute approximate surface area is 98.1 Å². The molecule has 0 unspecified atom stereocenters. The van der Waals surface area contributed by atoms with Crippen LogP contribution in [0.4, 0.5) is 11.6 Å². The highest BCUT2D eigenvalue weighted by atomic mass is 35.5. The van der Waals surface area contributed by atoms with E-state index in [1.54, 1.807) is 0 Å². The highest BCUT2D eigenvalue weighted by Gasteiger charge is 1.93. The maximum absolute atomic E-state index is 5.37. The van der Waals surface area contributed by atoms with E-state index in [-0.39, 0.29) is 16.9 Å². The van der Waals surface area contributed by atoms with Crippen LogP contribution in [0.5, 0.6) is 0 Å². The van der Waals surface area contributed by atoms with E-state index in [0.717, 1.165) is 0 Å². The molecule has 0 aliphatic rings. The van der Waals surface area contributed by atoms with Crippen molar-refractivity contribution in [3.63, 3.8) is 0 Å². The molecule has 0 spiro atoms. The van der Waals surface area contributed by atoms with E-state index in [1.807, 2.05) is 41.5 Å². The van der Waals surface area contributed by atoms with Crippen molar-refractivity contribution in [3.8, 4) is 0 Å². The number of nitrogen functional groups attached to an aromatic ring is 2. The van der Waals surface area contributed by atoms with Crippen molar-refractivity contribution in [2.24, 2.45) is 0 Å². The van der Waals surface area contributed by atoms with Gasteiger partial charge in [-0.05, 0) is 11.6 Å². The number of hydrogen-bond donors (Lipinski definition) is 2. The average Bonchev–Trinajstić information content (AvgIpc) is 2.24. The van der Waals surface area contributed by atoms with Gasteiger partial charge in [0.05, 0.1) is 0 Å². The molecule has 0 fully saturated rings. The first-order valence-corrected chi connectivity index (χ1v) is 5.62. The fraction of sp³-hybridized carbons (Fsp3) is 0.600. The quantitative estimate of drug-likeness (QED) is 0.675. The Morgan fingerprint density at radius 2 is 1.13 bits per heavy atom. The van der Waals surface area contributed by atoms with Gasteiger partial charge in [0, 0.05) is 6.07 Å². The van der Waals surface area contributed by atoms with Gasteiger partial charge in [-0.25, -0.2) is 9.97 Å². The first-order valence-electron chi connectivity index (χ1n) is 5.24. The Hall–Kier alpha value is -1.03. The van der Waals surface area contributed by atoms with Crippen LogP contribution in [-0.2, 0) is 0 Å². The molecule has 0 aliphatic carbocycles. The van der Waals surface area contributed by atoms with Crippen molar-refractivity contribution in [2.75, 3.05) is 11.5 Å². The van der Waals surface area contributed by atoms with Crippen molar-refractivity contribution in [2.45, 2.75) is 41.5 Å². The molecule has 15 heavy (non-hydrogen) atoms. The Bertz CT molecular complexity index is 178. The van der Waals surface area contributed by atoms with E-state index in [9.17, 15) is 0 Å². The van der Waals surface area contributed by atoms with Crippen LogP contribution in [0.3, 0.4) is 0 Å². The number of anilines is 2. The van der Waals surface area contributed by atoms with Crippen LogP contribution in [0.2, 0.25) is 5.28 Å². The SMILES string of the molecule is CC.CC.CC.Nc1cc(N)nc(Cl)n1. The molecule has 0 bridgehead atoms. The molecule has 0 amide bonds. The normalized spacial score (nSPS) is 6.87. The number of nitrogens with two attached hydrogens (primary N) is 2. The first kappa shape index (κ1) is 19.5. The van der Waals surface area contributed by atoms with E-state index in [2.05, 4.69) is 9.97 Å². The summed E-state index contributed by atoms with van der Waals surface area (Å²) in [6.45, 7) is 12.0. The largest absolute Gasteiger partial charge is 0.383 e. The van der Waals surface area contributed by atoms with Gasteiger partial charge in [-0.1, -0.05) is 41.5 Å². The molecule has 90 valence electrons. The molecule has 0 saturated carbocycles. The van der Waals surface area contributed by atoms with Crippen molar-refractivity contribution in [1.29, 1.82) is 0 Å². The molecule has 0 aliphatic heterocycles. The van der Waals surface area contributed by atoms with Crippen molar-refractivity contribution >= 4 is 23.2 Å². The Morgan fingerprint density at radius 1 is 0.867 bits per heavy atom. The van der Waals surface area contributed by atoms with Gasteiger partial charge in [-0.3, -0.25) is 0 Å². The van der Waals surface area contributed by atoms with Gasteiger partial charge in [0.25, 0.3) is 0 Å². The topological polar surface area (TPSA) is 77.8 Å². The first-order chi connectivity index (χ1) is 7.18. The minimum atomic E-state index is 0.0764. The summed E-state index contributed by atoms with van der Waals surface area (Å²) in [5.41, 5.74) is 10.5. The van der Waals surface area contributed by atoms with Gasteiger partial charge < -0.3 is 11.5 Å². The maximum Gasteiger partial charge on any atom is 0.226 e. The molecular formula is C10H23ClN4. The summed E-state index contributed by atoms with van der Waals surface area (Å²) in [5.74, 6) is 0.569. The summed E-state index contributed by atoms with van der Waals surface area (Å²) in [7, 11) is 0. The van der Waals surface area contributed by atoms with Crippen LogP contribution in [0.1, 0.15) is 41.5 Å². The summed E-state index contributed by atoms with van der Waals surface area (Å²) in [4.78, 5) is 7.17. The molecule has 1 aromatic rings. The zero-order valence-electron chi connectivity index (χ0n) is 10.5. The Balaban J connectivity index is -0.000000208. The number of aromatic nitrogens is 2. The monoisotopic (exact) mass is 234 g/mol. The van der Waals surface area contributed by atoms with E-state index < -0.39 is 0 Å². The second kappa shape index (κ2) is 15.4. The molecule has 0 radical (unpaired) electrons. The predicted octanol–water partition coefficient (Wildman–Crippen LogP) is 3.37. The molecule has 4 N–H and O–H groups in total. The zero-order valence-corrected chi connectivity index (χ0v) is 11.3.